The maximum Gasteiger partial charge on any atom is 0.257 e. The second-order valence-electron chi connectivity index (χ2n) is 5.17. The van der Waals surface area contributed by atoms with E-state index in [9.17, 15) is 4.79 Å². The first-order valence-electron chi connectivity index (χ1n) is 6.31. The molecule has 0 spiro atoms. The summed E-state index contributed by atoms with van der Waals surface area (Å²) in [5.41, 5.74) is 6.35. The molecule has 1 saturated heterocycles. The van der Waals surface area contributed by atoms with Gasteiger partial charge in [0.25, 0.3) is 5.91 Å². The van der Waals surface area contributed by atoms with E-state index in [1.807, 2.05) is 11.8 Å². The van der Waals surface area contributed by atoms with E-state index in [1.54, 1.807) is 7.05 Å². The van der Waals surface area contributed by atoms with E-state index in [-0.39, 0.29) is 10.7 Å². The Hall–Kier alpha value is -0.950. The summed E-state index contributed by atoms with van der Waals surface area (Å²) in [5.74, 6) is 1.23. The molecule has 2 heterocycles. The summed E-state index contributed by atoms with van der Waals surface area (Å²) in [6, 6.07) is 0. The molecule has 5 nitrogen and oxygen atoms in total. The third-order valence-corrected chi connectivity index (χ3v) is 5.58. The molecule has 0 aliphatic carbocycles. The van der Waals surface area contributed by atoms with Gasteiger partial charge in [0.1, 0.15) is 10.6 Å². The van der Waals surface area contributed by atoms with Crippen LogP contribution in [0.2, 0.25) is 0 Å². The Labute approximate surface area is 122 Å². The van der Waals surface area contributed by atoms with Gasteiger partial charge in [-0.15, -0.1) is 0 Å². The van der Waals surface area contributed by atoms with Gasteiger partial charge in [-0.1, -0.05) is 13.8 Å². The van der Waals surface area contributed by atoms with Crippen molar-refractivity contribution in [3.05, 3.63) is 5.56 Å². The Balaban J connectivity index is 2.25. The van der Waals surface area contributed by atoms with Crippen LogP contribution in [0, 0.1) is 0 Å². The number of nitrogens with zero attached hydrogens (tertiary/aromatic N) is 2. The quantitative estimate of drug-likeness (QED) is 0.871. The highest BCUT2D eigenvalue weighted by molar-refractivity contribution is 8.00. The van der Waals surface area contributed by atoms with Crippen molar-refractivity contribution in [1.29, 1.82) is 0 Å². The zero-order valence-electron chi connectivity index (χ0n) is 11.5. The van der Waals surface area contributed by atoms with Crippen molar-refractivity contribution >= 4 is 40.0 Å². The molecular weight excluding hydrogens is 280 g/mol. The van der Waals surface area contributed by atoms with Gasteiger partial charge in [0.15, 0.2) is 5.82 Å². The molecule has 0 saturated carbocycles. The minimum Gasteiger partial charge on any atom is -0.382 e. The molecule has 1 aromatic heterocycles. The summed E-state index contributed by atoms with van der Waals surface area (Å²) in [5, 5.41) is 3.53. The lowest BCUT2D eigenvalue weighted by molar-refractivity contribution is 0.0964. The van der Waals surface area contributed by atoms with Crippen LogP contribution in [-0.2, 0) is 0 Å². The number of amides is 1. The van der Waals surface area contributed by atoms with Gasteiger partial charge in [-0.2, -0.15) is 16.1 Å². The Kier molecular flexibility index (Phi) is 4.25. The summed E-state index contributed by atoms with van der Waals surface area (Å²) in [6.07, 6.45) is 1.09. The molecular formula is C12H20N4OS2. The van der Waals surface area contributed by atoms with Crippen LogP contribution in [-0.4, -0.2) is 40.9 Å². The van der Waals surface area contributed by atoms with E-state index in [0.717, 1.165) is 30.3 Å². The maximum absolute atomic E-state index is 11.9. The highest BCUT2D eigenvalue weighted by Gasteiger charge is 2.28. The molecule has 0 radical (unpaired) electrons. The first-order valence-corrected chi connectivity index (χ1v) is 8.06. The molecule has 0 unspecified atom stereocenters. The molecule has 2 rings (SSSR count). The van der Waals surface area contributed by atoms with Gasteiger partial charge in [-0.3, -0.25) is 4.79 Å². The number of carbonyl (C=O) groups is 1. The van der Waals surface area contributed by atoms with Crippen LogP contribution in [0.25, 0.3) is 0 Å². The lowest BCUT2D eigenvalue weighted by atomic mass is 10.1. The largest absolute Gasteiger partial charge is 0.382 e. The number of carbonyl (C=O) groups excluding carboxylic acids is 1. The summed E-state index contributed by atoms with van der Waals surface area (Å²) < 4.78 is 4.43. The molecule has 0 aromatic carbocycles. The molecule has 1 amide bonds. The normalized spacial score (nSPS) is 19.0. The van der Waals surface area contributed by atoms with Gasteiger partial charge < -0.3 is 16.0 Å². The molecule has 19 heavy (non-hydrogen) atoms. The van der Waals surface area contributed by atoms with Crippen LogP contribution in [0.1, 0.15) is 30.6 Å². The van der Waals surface area contributed by atoms with E-state index in [4.69, 9.17) is 5.73 Å². The van der Waals surface area contributed by atoms with Crippen LogP contribution in [0.4, 0.5) is 10.8 Å². The Morgan fingerprint density at radius 3 is 2.89 bits per heavy atom. The van der Waals surface area contributed by atoms with E-state index >= 15 is 0 Å². The van der Waals surface area contributed by atoms with Crippen molar-refractivity contribution in [3.63, 3.8) is 0 Å². The molecule has 1 fully saturated rings. The van der Waals surface area contributed by atoms with Gasteiger partial charge in [-0.05, 0) is 18.0 Å². The highest BCUT2D eigenvalue weighted by atomic mass is 32.2. The summed E-state index contributed by atoms with van der Waals surface area (Å²) in [6.45, 7) is 6.40. The van der Waals surface area contributed by atoms with Crippen LogP contribution in [0.5, 0.6) is 0 Å². The topological polar surface area (TPSA) is 71.2 Å². The number of aromatic nitrogens is 1. The molecule has 0 bridgehead atoms. The van der Waals surface area contributed by atoms with Gasteiger partial charge >= 0.3 is 0 Å². The zero-order valence-corrected chi connectivity index (χ0v) is 13.2. The van der Waals surface area contributed by atoms with Crippen molar-refractivity contribution in [2.45, 2.75) is 25.0 Å². The fourth-order valence-electron chi connectivity index (χ4n) is 2.07. The minimum absolute atomic E-state index is 0.155. The molecule has 1 aliphatic heterocycles. The van der Waals surface area contributed by atoms with Crippen molar-refractivity contribution in [1.82, 2.24) is 9.69 Å². The zero-order chi connectivity index (χ0) is 14.0. The van der Waals surface area contributed by atoms with Crippen LogP contribution in [0.15, 0.2) is 0 Å². The summed E-state index contributed by atoms with van der Waals surface area (Å²) in [4.78, 5) is 14.2. The van der Waals surface area contributed by atoms with E-state index in [2.05, 4.69) is 28.4 Å². The molecule has 1 aliphatic rings. The molecule has 3 N–H and O–H groups in total. The van der Waals surface area contributed by atoms with Crippen molar-refractivity contribution in [2.75, 3.05) is 36.5 Å². The van der Waals surface area contributed by atoms with Crippen LogP contribution >= 0.6 is 23.3 Å². The lowest BCUT2D eigenvalue weighted by Gasteiger charge is -2.23. The van der Waals surface area contributed by atoms with E-state index in [1.165, 1.54) is 11.5 Å². The number of hydrogen-bond acceptors (Lipinski definition) is 6. The van der Waals surface area contributed by atoms with Crippen LogP contribution < -0.4 is 16.0 Å². The van der Waals surface area contributed by atoms with E-state index in [0.29, 0.717) is 11.4 Å². The third-order valence-electron chi connectivity index (χ3n) is 3.28. The van der Waals surface area contributed by atoms with Crippen molar-refractivity contribution in [2.24, 2.45) is 0 Å². The predicted octanol–water partition coefficient (Wildman–Crippen LogP) is 1.81. The number of nitrogen functional groups attached to an aromatic ring is 1. The first-order chi connectivity index (χ1) is 8.94. The van der Waals surface area contributed by atoms with Crippen molar-refractivity contribution in [3.8, 4) is 0 Å². The summed E-state index contributed by atoms with van der Waals surface area (Å²) >= 11 is 3.29. The van der Waals surface area contributed by atoms with E-state index < -0.39 is 0 Å². The predicted molar refractivity (Wildman–Crippen MR) is 83.3 cm³/mol. The standard InChI is InChI=1S/C12H20N4OS2/c1-12(2)4-5-16(6-7-18-12)11-8(10(17)14-3)9(13)15-19-11/h4-7H2,1-3H3,(H2,13,15)(H,14,17). The van der Waals surface area contributed by atoms with Crippen molar-refractivity contribution < 1.29 is 4.79 Å². The number of hydrogen-bond donors (Lipinski definition) is 2. The Morgan fingerprint density at radius 2 is 2.21 bits per heavy atom. The SMILES string of the molecule is CNC(=O)c1c(N)nsc1N1CCSC(C)(C)CC1. The Bertz CT molecular complexity index is 472. The van der Waals surface area contributed by atoms with Gasteiger partial charge in [-0.25, -0.2) is 0 Å². The maximum atomic E-state index is 11.9. The average molecular weight is 300 g/mol. The highest BCUT2D eigenvalue weighted by Crippen LogP contribution is 2.36. The van der Waals surface area contributed by atoms with Crippen LogP contribution in [0.3, 0.4) is 0 Å². The molecule has 1 aromatic rings. The first kappa shape index (κ1) is 14.5. The monoisotopic (exact) mass is 300 g/mol. The molecule has 0 atom stereocenters. The fourth-order valence-corrected chi connectivity index (χ4v) is 4.03. The number of rotatable bonds is 2. The van der Waals surface area contributed by atoms with Gasteiger partial charge in [0.2, 0.25) is 0 Å². The number of nitrogens with one attached hydrogen (secondary N) is 1. The smallest absolute Gasteiger partial charge is 0.257 e. The Morgan fingerprint density at radius 1 is 1.47 bits per heavy atom. The number of anilines is 2. The number of thioether (sulfide) groups is 1. The van der Waals surface area contributed by atoms with Gasteiger partial charge in [0, 0.05) is 30.6 Å². The third kappa shape index (κ3) is 3.14. The lowest BCUT2D eigenvalue weighted by Crippen LogP contribution is -2.29. The number of nitrogens with two attached hydrogens (primary N) is 1. The summed E-state index contributed by atoms with van der Waals surface area (Å²) in [7, 11) is 1.62. The molecule has 106 valence electrons. The minimum atomic E-state index is -0.155. The van der Waals surface area contributed by atoms with Gasteiger partial charge in [0.05, 0.1) is 0 Å². The average Bonchev–Trinajstić information content (AvgIpc) is 2.64. The second-order valence-corrected chi connectivity index (χ2v) is 7.73. The molecule has 7 heteroatoms. The fraction of sp³-hybridized carbons (Fsp3) is 0.667. The second kappa shape index (κ2) is 5.58.